The summed E-state index contributed by atoms with van der Waals surface area (Å²) >= 11 is 0. The molecule has 0 radical (unpaired) electrons. The largest absolute Gasteiger partial charge is 0.378 e. The summed E-state index contributed by atoms with van der Waals surface area (Å²) in [5.41, 5.74) is 2.62. The summed E-state index contributed by atoms with van der Waals surface area (Å²) in [5.74, 6) is -0.152. The second kappa shape index (κ2) is 10.5. The number of morpholine rings is 1. The predicted molar refractivity (Wildman–Crippen MR) is 124 cm³/mol. The van der Waals surface area contributed by atoms with Gasteiger partial charge >= 0.3 is 0 Å². The van der Waals surface area contributed by atoms with E-state index in [2.05, 4.69) is 4.72 Å². The normalized spacial score (nSPS) is 16.0. The molecule has 1 saturated heterocycles. The molecular weight excluding hydrogens is 442 g/mol. The number of anilines is 1. The number of hydrogen-bond acceptors (Lipinski definition) is 5. The van der Waals surface area contributed by atoms with Crippen LogP contribution in [0.1, 0.15) is 24.0 Å². The van der Waals surface area contributed by atoms with Crippen molar-refractivity contribution in [3.8, 4) is 0 Å². The number of carbonyl (C=O) groups is 2. The topological polar surface area (TPSA) is 96.0 Å². The Morgan fingerprint density at radius 1 is 0.939 bits per heavy atom. The van der Waals surface area contributed by atoms with E-state index in [0.29, 0.717) is 52.2 Å². The minimum atomic E-state index is -3.64. The van der Waals surface area contributed by atoms with Crippen LogP contribution in [0.3, 0.4) is 0 Å². The molecule has 2 amide bonds. The predicted octanol–water partition coefficient (Wildman–Crippen LogP) is 1.74. The third kappa shape index (κ3) is 5.79. The van der Waals surface area contributed by atoms with Gasteiger partial charge in [-0.05, 0) is 42.2 Å². The lowest BCUT2D eigenvalue weighted by Gasteiger charge is -2.27. The molecule has 0 spiro atoms. The molecule has 2 aromatic carbocycles. The van der Waals surface area contributed by atoms with E-state index in [0.717, 1.165) is 16.8 Å². The quantitative estimate of drug-likeness (QED) is 0.633. The van der Waals surface area contributed by atoms with Gasteiger partial charge in [0.15, 0.2) is 0 Å². The summed E-state index contributed by atoms with van der Waals surface area (Å²) in [4.78, 5) is 28.7. The Labute approximate surface area is 194 Å². The zero-order valence-corrected chi connectivity index (χ0v) is 19.4. The molecule has 0 aromatic heterocycles. The molecule has 2 aliphatic rings. The summed E-state index contributed by atoms with van der Waals surface area (Å²) in [6, 6.07) is 14.6. The van der Waals surface area contributed by atoms with Crippen LogP contribution in [0, 0.1) is 0 Å². The minimum Gasteiger partial charge on any atom is -0.378 e. The molecule has 2 heterocycles. The van der Waals surface area contributed by atoms with Crippen LogP contribution in [0.5, 0.6) is 0 Å². The van der Waals surface area contributed by atoms with Crippen molar-refractivity contribution in [1.82, 2.24) is 9.62 Å². The van der Waals surface area contributed by atoms with Gasteiger partial charge in [-0.25, -0.2) is 13.1 Å². The number of rotatable bonds is 8. The molecule has 176 valence electrons. The molecule has 9 heteroatoms. The van der Waals surface area contributed by atoms with Crippen LogP contribution < -0.4 is 9.62 Å². The smallest absolute Gasteiger partial charge is 0.240 e. The fraction of sp³-hybridized carbons (Fsp3) is 0.417. The van der Waals surface area contributed by atoms with Crippen molar-refractivity contribution in [2.75, 3.05) is 44.3 Å². The maximum absolute atomic E-state index is 12.8. The molecule has 8 nitrogen and oxygen atoms in total. The van der Waals surface area contributed by atoms with Crippen LogP contribution in [-0.4, -0.2) is 64.5 Å². The van der Waals surface area contributed by atoms with E-state index in [4.69, 9.17) is 4.74 Å². The monoisotopic (exact) mass is 471 g/mol. The van der Waals surface area contributed by atoms with E-state index in [9.17, 15) is 18.0 Å². The van der Waals surface area contributed by atoms with Crippen LogP contribution >= 0.6 is 0 Å². The Morgan fingerprint density at radius 3 is 2.42 bits per heavy atom. The SMILES string of the molecule is O=C(CCC(=O)N1CCc2cc(S(=O)(=O)NCCc3ccccc3)ccc21)N1CCOCC1. The molecular formula is C24H29N3O5S. The lowest BCUT2D eigenvalue weighted by atomic mass is 10.2. The number of ether oxygens (including phenoxy) is 1. The van der Waals surface area contributed by atoms with Crippen LogP contribution in [0.15, 0.2) is 53.4 Å². The van der Waals surface area contributed by atoms with E-state index in [1.54, 1.807) is 21.9 Å². The molecule has 1 N–H and O–H groups in total. The van der Waals surface area contributed by atoms with Crippen molar-refractivity contribution in [3.05, 3.63) is 59.7 Å². The average Bonchev–Trinajstić information content (AvgIpc) is 3.27. The third-order valence-corrected chi connectivity index (χ3v) is 7.48. The zero-order chi connectivity index (χ0) is 23.3. The molecule has 0 saturated carbocycles. The number of nitrogens with one attached hydrogen (secondary N) is 1. The van der Waals surface area contributed by atoms with Gasteiger partial charge in [0.2, 0.25) is 21.8 Å². The van der Waals surface area contributed by atoms with Gasteiger partial charge in [-0.15, -0.1) is 0 Å². The van der Waals surface area contributed by atoms with Gasteiger partial charge in [0.1, 0.15) is 0 Å². The highest BCUT2D eigenvalue weighted by Gasteiger charge is 2.27. The molecule has 0 atom stereocenters. The molecule has 1 fully saturated rings. The first-order chi connectivity index (χ1) is 15.9. The van der Waals surface area contributed by atoms with Crippen LogP contribution in [0.2, 0.25) is 0 Å². The van der Waals surface area contributed by atoms with Crippen molar-refractivity contribution < 1.29 is 22.7 Å². The lowest BCUT2D eigenvalue weighted by molar-refractivity contribution is -0.136. The number of benzene rings is 2. The van der Waals surface area contributed by atoms with Crippen molar-refractivity contribution in [2.45, 2.75) is 30.6 Å². The summed E-state index contributed by atoms with van der Waals surface area (Å²) < 4.78 is 33.4. The molecule has 33 heavy (non-hydrogen) atoms. The second-order valence-electron chi connectivity index (χ2n) is 8.21. The Morgan fingerprint density at radius 2 is 1.67 bits per heavy atom. The first-order valence-electron chi connectivity index (χ1n) is 11.3. The van der Waals surface area contributed by atoms with E-state index in [-0.39, 0.29) is 29.6 Å². The number of amides is 2. The highest BCUT2D eigenvalue weighted by Crippen LogP contribution is 2.31. The lowest BCUT2D eigenvalue weighted by Crippen LogP contribution is -2.41. The molecule has 2 aromatic rings. The first-order valence-corrected chi connectivity index (χ1v) is 12.7. The number of hydrogen-bond donors (Lipinski definition) is 1. The number of nitrogens with zero attached hydrogens (tertiary/aromatic N) is 2. The van der Waals surface area contributed by atoms with E-state index in [1.807, 2.05) is 30.3 Å². The fourth-order valence-electron chi connectivity index (χ4n) is 4.18. The standard InChI is InChI=1S/C24H29N3O5S/c28-23(26-14-16-32-17-15-26)8-9-24(29)27-13-11-20-18-21(6-7-22(20)27)33(30,31)25-12-10-19-4-2-1-3-5-19/h1-7,18,25H,8-17H2. The van der Waals surface area contributed by atoms with Gasteiger partial charge in [-0.2, -0.15) is 0 Å². The van der Waals surface area contributed by atoms with Crippen molar-refractivity contribution in [1.29, 1.82) is 0 Å². The summed E-state index contributed by atoms with van der Waals surface area (Å²) in [5, 5.41) is 0. The van der Waals surface area contributed by atoms with Gasteiger partial charge in [-0.3, -0.25) is 9.59 Å². The Bertz CT molecular complexity index is 1100. The molecule has 0 unspecified atom stereocenters. The third-order valence-electron chi connectivity index (χ3n) is 6.02. The number of carbonyl (C=O) groups excluding carboxylic acids is 2. The van der Waals surface area contributed by atoms with Gasteiger partial charge in [0, 0.05) is 44.7 Å². The zero-order valence-electron chi connectivity index (χ0n) is 18.5. The van der Waals surface area contributed by atoms with Crippen LogP contribution in [-0.2, 0) is 37.2 Å². The van der Waals surface area contributed by atoms with Gasteiger partial charge in [0.05, 0.1) is 18.1 Å². The van der Waals surface area contributed by atoms with Crippen LogP contribution in [0.4, 0.5) is 5.69 Å². The Hall–Kier alpha value is -2.75. The molecule has 0 bridgehead atoms. The Balaban J connectivity index is 1.33. The van der Waals surface area contributed by atoms with E-state index >= 15 is 0 Å². The van der Waals surface area contributed by atoms with Crippen molar-refractivity contribution >= 4 is 27.5 Å². The van der Waals surface area contributed by atoms with Gasteiger partial charge < -0.3 is 14.5 Å². The van der Waals surface area contributed by atoms with E-state index < -0.39 is 10.0 Å². The van der Waals surface area contributed by atoms with E-state index in [1.165, 1.54) is 6.07 Å². The molecule has 0 aliphatic carbocycles. The summed E-state index contributed by atoms with van der Waals surface area (Å²) in [6.45, 7) is 3.00. The fourth-order valence-corrected chi connectivity index (χ4v) is 5.26. The number of sulfonamides is 1. The maximum atomic E-state index is 12.8. The average molecular weight is 472 g/mol. The van der Waals surface area contributed by atoms with Gasteiger partial charge in [-0.1, -0.05) is 30.3 Å². The first kappa shape index (κ1) is 23.4. The number of fused-ring (bicyclic) bond motifs is 1. The van der Waals surface area contributed by atoms with Crippen LogP contribution in [0.25, 0.3) is 0 Å². The highest BCUT2D eigenvalue weighted by atomic mass is 32.2. The molecule has 2 aliphatic heterocycles. The van der Waals surface area contributed by atoms with Crippen molar-refractivity contribution in [3.63, 3.8) is 0 Å². The minimum absolute atomic E-state index is 0.0333. The van der Waals surface area contributed by atoms with Crippen molar-refractivity contribution in [2.24, 2.45) is 0 Å². The highest BCUT2D eigenvalue weighted by molar-refractivity contribution is 7.89. The Kier molecular flexibility index (Phi) is 7.42. The molecule has 4 rings (SSSR count). The van der Waals surface area contributed by atoms with Gasteiger partial charge in [0.25, 0.3) is 0 Å². The summed E-state index contributed by atoms with van der Waals surface area (Å²) in [7, 11) is -3.64. The second-order valence-corrected chi connectivity index (χ2v) is 9.98. The summed E-state index contributed by atoms with van der Waals surface area (Å²) in [6.07, 6.45) is 1.50. The maximum Gasteiger partial charge on any atom is 0.240 e.